The van der Waals surface area contributed by atoms with Gasteiger partial charge in [0, 0.05) is 55.0 Å². The summed E-state index contributed by atoms with van der Waals surface area (Å²) in [6, 6.07) is 28.3. The molecule has 1 fully saturated rings. The summed E-state index contributed by atoms with van der Waals surface area (Å²) in [4.78, 5) is 41.5. The predicted octanol–water partition coefficient (Wildman–Crippen LogP) is 5.35. The first-order valence-corrected chi connectivity index (χ1v) is 19.0. The summed E-state index contributed by atoms with van der Waals surface area (Å²) in [5.41, 5.74) is 2.68. The van der Waals surface area contributed by atoms with Gasteiger partial charge in [0.15, 0.2) is 11.5 Å². The van der Waals surface area contributed by atoms with Crippen LogP contribution in [-0.2, 0) is 10.0 Å². The number of piperazine rings is 1. The van der Waals surface area contributed by atoms with Gasteiger partial charge in [0.05, 0.1) is 9.82 Å². The number of aromatic nitrogens is 2. The Morgan fingerprint density at radius 2 is 1.68 bits per heavy atom. The topological polar surface area (TPSA) is 188 Å². The number of hydrogen-bond acceptors (Lipinski definition) is 12. The van der Waals surface area contributed by atoms with Gasteiger partial charge < -0.3 is 20.2 Å². The van der Waals surface area contributed by atoms with Gasteiger partial charge in [-0.2, -0.15) is 0 Å². The van der Waals surface area contributed by atoms with Gasteiger partial charge >= 0.3 is 0 Å². The van der Waals surface area contributed by atoms with E-state index in [4.69, 9.17) is 0 Å². The number of hydrogen-bond donors (Lipinski definition) is 3. The summed E-state index contributed by atoms with van der Waals surface area (Å²) in [5, 5.41) is 32.6. The Kier molecular flexibility index (Phi) is 11.2. The van der Waals surface area contributed by atoms with Gasteiger partial charge in [0.25, 0.3) is 27.5 Å². The number of nitro groups is 1. The molecule has 1 aliphatic rings. The molecule has 1 saturated heterocycles. The molecule has 6 rings (SSSR count). The number of phenols is 1. The van der Waals surface area contributed by atoms with E-state index in [1.165, 1.54) is 24.3 Å². The predicted molar refractivity (Wildman–Crippen MR) is 202 cm³/mol. The van der Waals surface area contributed by atoms with Crippen molar-refractivity contribution in [1.82, 2.24) is 19.8 Å². The molecule has 272 valence electrons. The maximum absolute atomic E-state index is 13.3. The number of sulfonamides is 1. The van der Waals surface area contributed by atoms with Crippen molar-refractivity contribution < 1.29 is 28.0 Å². The van der Waals surface area contributed by atoms with E-state index in [0.717, 1.165) is 27.7 Å². The molecule has 2 heterocycles. The van der Waals surface area contributed by atoms with Crippen molar-refractivity contribution in [2.45, 2.75) is 16.7 Å². The lowest BCUT2D eigenvalue weighted by Crippen LogP contribution is -2.49. The summed E-state index contributed by atoms with van der Waals surface area (Å²) < 4.78 is 28.0. The second-order valence-corrected chi connectivity index (χ2v) is 14.9. The van der Waals surface area contributed by atoms with E-state index < -0.39 is 31.4 Å². The van der Waals surface area contributed by atoms with E-state index in [9.17, 15) is 33.2 Å². The fraction of sp³-hybridized carbons (Fsp3) is 0.189. The molecule has 1 aliphatic heterocycles. The first kappa shape index (κ1) is 36.8. The first-order valence-electron chi connectivity index (χ1n) is 16.5. The van der Waals surface area contributed by atoms with Gasteiger partial charge in [-0.1, -0.05) is 36.4 Å². The molecule has 4 aromatic carbocycles. The van der Waals surface area contributed by atoms with E-state index in [1.807, 2.05) is 65.1 Å². The number of aromatic hydroxyl groups is 1. The van der Waals surface area contributed by atoms with Crippen LogP contribution >= 0.6 is 11.8 Å². The average molecular weight is 754 g/mol. The van der Waals surface area contributed by atoms with E-state index in [0.29, 0.717) is 49.9 Å². The molecule has 1 aromatic heterocycles. The van der Waals surface area contributed by atoms with E-state index in [1.54, 1.807) is 40.9 Å². The molecule has 2 amide bonds. The smallest absolute Gasteiger partial charge is 0.293 e. The molecule has 53 heavy (non-hydrogen) atoms. The number of nitrogens with zero attached hydrogens (tertiary/aromatic N) is 5. The van der Waals surface area contributed by atoms with Crippen LogP contribution in [0.5, 0.6) is 5.75 Å². The van der Waals surface area contributed by atoms with Gasteiger partial charge in [-0.3, -0.25) is 19.7 Å². The fourth-order valence-corrected chi connectivity index (χ4v) is 7.58. The number of nitrogens with one attached hydrogen (secondary N) is 2. The number of carbonyl (C=O) groups is 2. The maximum atomic E-state index is 13.3. The lowest BCUT2D eigenvalue weighted by Gasteiger charge is -2.35. The van der Waals surface area contributed by atoms with Crippen molar-refractivity contribution in [2.75, 3.05) is 48.7 Å². The summed E-state index contributed by atoms with van der Waals surface area (Å²) >= 11 is 1.57. The number of carbonyl (C=O) groups excluding carboxylic acids is 2. The number of amides is 2. The Bertz CT molecular complexity index is 2250. The standard InChI is InChI=1S/C37H35N7O7S2/c1-25-22-27(10-12-31(25)26-6-5-7-28(45)23-26)37(47)43-19-17-42(18-20-43)35-15-14-33(39-40-35)36(46)41-53(50,51)30-11-13-32(34(24-30)44(48)49)38-16-21-52-29-8-3-2-4-9-29/h2-15,22-24,38,45H,16-21H2,1H3,(H,41,46). The number of aryl methyl sites for hydroxylation is 1. The number of rotatable bonds is 12. The molecule has 5 aromatic rings. The van der Waals surface area contributed by atoms with Gasteiger partial charge in [-0.15, -0.1) is 22.0 Å². The molecule has 14 nitrogen and oxygen atoms in total. The highest BCUT2D eigenvalue weighted by Gasteiger charge is 2.26. The minimum atomic E-state index is -4.49. The molecule has 0 radical (unpaired) electrons. The minimum absolute atomic E-state index is 0.108. The van der Waals surface area contributed by atoms with E-state index in [-0.39, 0.29) is 23.0 Å². The lowest BCUT2D eigenvalue weighted by molar-refractivity contribution is -0.384. The van der Waals surface area contributed by atoms with Gasteiger partial charge in [0.1, 0.15) is 11.4 Å². The van der Waals surface area contributed by atoms with Gasteiger partial charge in [0.2, 0.25) is 0 Å². The van der Waals surface area contributed by atoms with Crippen molar-refractivity contribution in [3.63, 3.8) is 0 Å². The quantitative estimate of drug-likeness (QED) is 0.0643. The summed E-state index contributed by atoms with van der Waals surface area (Å²) in [7, 11) is -4.49. The maximum Gasteiger partial charge on any atom is 0.293 e. The molecule has 0 bridgehead atoms. The molecule has 3 N–H and O–H groups in total. The number of nitro benzene ring substituents is 1. The summed E-state index contributed by atoms with van der Waals surface area (Å²) in [5.74, 6) is 0.0761. The second-order valence-electron chi connectivity index (χ2n) is 12.1. The molecule has 0 aliphatic carbocycles. The van der Waals surface area contributed by atoms with E-state index in [2.05, 4.69) is 15.5 Å². The third-order valence-electron chi connectivity index (χ3n) is 8.54. The van der Waals surface area contributed by atoms with Crippen LogP contribution in [0, 0.1) is 17.0 Å². The summed E-state index contributed by atoms with van der Waals surface area (Å²) in [6.07, 6.45) is 0. The highest BCUT2D eigenvalue weighted by atomic mass is 32.2. The van der Waals surface area contributed by atoms with Crippen molar-refractivity contribution in [3.05, 3.63) is 130 Å². The number of anilines is 2. The fourth-order valence-electron chi connectivity index (χ4n) is 5.81. The minimum Gasteiger partial charge on any atom is -0.508 e. The number of thioether (sulfide) groups is 1. The Hall–Kier alpha value is -6.00. The molecule has 0 saturated carbocycles. The first-order chi connectivity index (χ1) is 25.5. The van der Waals surface area contributed by atoms with Crippen LogP contribution in [0.25, 0.3) is 11.1 Å². The lowest BCUT2D eigenvalue weighted by atomic mass is 9.98. The normalized spacial score (nSPS) is 13.0. The van der Waals surface area contributed by atoms with Crippen LogP contribution in [0.2, 0.25) is 0 Å². The zero-order valence-electron chi connectivity index (χ0n) is 28.5. The van der Waals surface area contributed by atoms with Crippen LogP contribution < -0.4 is 14.9 Å². The third kappa shape index (κ3) is 8.91. The van der Waals surface area contributed by atoms with Crippen molar-refractivity contribution in [1.29, 1.82) is 0 Å². The van der Waals surface area contributed by atoms with Gasteiger partial charge in [-0.25, -0.2) is 13.1 Å². The molecule has 0 atom stereocenters. The number of benzene rings is 4. The molecule has 0 unspecified atom stereocenters. The van der Waals surface area contributed by atoms with Gasteiger partial charge in [-0.05, 0) is 84.3 Å². The molecule has 16 heteroatoms. The third-order valence-corrected chi connectivity index (χ3v) is 10.9. The Balaban J connectivity index is 1.02. The Labute approximate surface area is 310 Å². The largest absolute Gasteiger partial charge is 0.508 e. The van der Waals surface area contributed by atoms with Crippen LogP contribution in [0.3, 0.4) is 0 Å². The SMILES string of the molecule is Cc1cc(C(=O)N2CCN(c3ccc(C(=O)NS(=O)(=O)c4ccc(NCCSc5ccccc5)c([N+](=O)[O-])c4)nn3)CC2)ccc1-c1cccc(O)c1. The van der Waals surface area contributed by atoms with Crippen LogP contribution in [0.1, 0.15) is 26.4 Å². The molecule has 0 spiro atoms. The van der Waals surface area contributed by atoms with Crippen LogP contribution in [-0.4, -0.2) is 83.8 Å². The van der Waals surface area contributed by atoms with Crippen molar-refractivity contribution >= 4 is 50.8 Å². The monoisotopic (exact) mass is 753 g/mol. The molecular weight excluding hydrogens is 719 g/mol. The van der Waals surface area contributed by atoms with Crippen LogP contribution in [0.15, 0.2) is 113 Å². The van der Waals surface area contributed by atoms with Crippen molar-refractivity contribution in [3.8, 4) is 16.9 Å². The summed E-state index contributed by atoms with van der Waals surface area (Å²) in [6.45, 7) is 4.06. The second kappa shape index (κ2) is 16.1. The van der Waals surface area contributed by atoms with Crippen molar-refractivity contribution in [2.24, 2.45) is 0 Å². The Morgan fingerprint density at radius 1 is 0.906 bits per heavy atom. The van der Waals surface area contributed by atoms with E-state index >= 15 is 0 Å². The highest BCUT2D eigenvalue weighted by molar-refractivity contribution is 7.99. The zero-order valence-corrected chi connectivity index (χ0v) is 30.1. The Morgan fingerprint density at radius 3 is 2.36 bits per heavy atom. The average Bonchev–Trinajstić information content (AvgIpc) is 3.16. The van der Waals surface area contributed by atoms with Crippen LogP contribution in [0.4, 0.5) is 17.2 Å². The molecular formula is C37H35N7O7S2. The number of phenolic OH excluding ortho intramolecular Hbond substituents is 1. The highest BCUT2D eigenvalue weighted by Crippen LogP contribution is 2.29. The zero-order chi connectivity index (χ0) is 37.5.